The highest BCUT2D eigenvalue weighted by Gasteiger charge is 2.29. The van der Waals surface area contributed by atoms with Gasteiger partial charge in [-0.1, -0.05) is 45.0 Å². The number of aryl methyl sites for hydroxylation is 1. The summed E-state index contributed by atoms with van der Waals surface area (Å²) >= 11 is 0. The third-order valence-corrected chi connectivity index (χ3v) is 6.53. The van der Waals surface area contributed by atoms with Crippen LogP contribution in [0.3, 0.4) is 0 Å². The van der Waals surface area contributed by atoms with E-state index in [9.17, 15) is 9.90 Å². The van der Waals surface area contributed by atoms with Crippen LogP contribution in [-0.4, -0.2) is 40.3 Å². The third kappa shape index (κ3) is 6.03. The molecule has 0 saturated carbocycles. The summed E-state index contributed by atoms with van der Waals surface area (Å²) in [5, 5.41) is 13.0. The van der Waals surface area contributed by atoms with E-state index in [-0.39, 0.29) is 18.4 Å². The van der Waals surface area contributed by atoms with Crippen LogP contribution in [0.5, 0.6) is 0 Å². The van der Waals surface area contributed by atoms with Gasteiger partial charge in [0.1, 0.15) is 5.82 Å². The smallest absolute Gasteiger partial charge is 0.305 e. The molecule has 0 aliphatic carbocycles. The molecule has 2 aromatic rings. The van der Waals surface area contributed by atoms with E-state index >= 15 is 0 Å². The molecule has 0 bridgehead atoms. The summed E-state index contributed by atoms with van der Waals surface area (Å²) in [5.74, 6) is 1.05. The fourth-order valence-corrected chi connectivity index (χ4v) is 4.77. The van der Waals surface area contributed by atoms with Crippen molar-refractivity contribution in [3.8, 4) is 0 Å². The zero-order chi connectivity index (χ0) is 22.2. The van der Waals surface area contributed by atoms with Gasteiger partial charge in [0.2, 0.25) is 0 Å². The largest absolute Gasteiger partial charge is 0.481 e. The standard InChI is InChI=1S/C25H35N3O3/c1-4-20(18-10-12-31-13-11-18)22-9-7-6-8-21(22)17(3)23(14-25(29)30)28-19-15-26-24(5-2)27-16-19/h6-9,15-18,20,23,28H,4-5,10-14H2,1-3H3,(H,29,30)/t17?,20-,23+/m0/s1. The number of benzene rings is 1. The van der Waals surface area contributed by atoms with Crippen LogP contribution in [0.1, 0.15) is 75.2 Å². The van der Waals surface area contributed by atoms with Crippen LogP contribution < -0.4 is 5.32 Å². The predicted octanol–water partition coefficient (Wildman–Crippen LogP) is 5.02. The number of hydrogen-bond acceptors (Lipinski definition) is 5. The van der Waals surface area contributed by atoms with Crippen LogP contribution in [-0.2, 0) is 16.0 Å². The Kier molecular flexibility index (Phi) is 8.41. The van der Waals surface area contributed by atoms with E-state index in [1.165, 1.54) is 11.1 Å². The van der Waals surface area contributed by atoms with Crippen LogP contribution in [0.25, 0.3) is 0 Å². The number of anilines is 1. The molecule has 2 heterocycles. The molecule has 0 amide bonds. The number of carboxylic acid groups (broad SMARTS) is 1. The van der Waals surface area contributed by atoms with E-state index in [2.05, 4.69) is 53.4 Å². The van der Waals surface area contributed by atoms with Crippen molar-refractivity contribution < 1.29 is 14.6 Å². The Labute approximate surface area is 185 Å². The molecule has 0 radical (unpaired) electrons. The molecule has 1 aliphatic rings. The monoisotopic (exact) mass is 425 g/mol. The zero-order valence-electron chi connectivity index (χ0n) is 18.9. The quantitative estimate of drug-likeness (QED) is 0.556. The highest BCUT2D eigenvalue weighted by Crippen LogP contribution is 2.39. The van der Waals surface area contributed by atoms with Crippen LogP contribution >= 0.6 is 0 Å². The van der Waals surface area contributed by atoms with E-state index in [4.69, 9.17) is 4.74 Å². The van der Waals surface area contributed by atoms with Crippen molar-refractivity contribution in [1.82, 2.24) is 9.97 Å². The first-order valence-electron chi connectivity index (χ1n) is 11.5. The molecule has 1 saturated heterocycles. The second kappa shape index (κ2) is 11.2. The van der Waals surface area contributed by atoms with E-state index in [1.807, 2.05) is 6.92 Å². The van der Waals surface area contributed by atoms with E-state index in [0.717, 1.165) is 50.4 Å². The first-order valence-corrected chi connectivity index (χ1v) is 11.5. The van der Waals surface area contributed by atoms with E-state index in [1.54, 1.807) is 12.4 Å². The van der Waals surface area contributed by atoms with Gasteiger partial charge in [0.25, 0.3) is 0 Å². The van der Waals surface area contributed by atoms with Gasteiger partial charge in [-0.3, -0.25) is 4.79 Å². The Balaban J connectivity index is 1.87. The molecular formula is C25H35N3O3. The Morgan fingerprint density at radius 2 is 1.81 bits per heavy atom. The summed E-state index contributed by atoms with van der Waals surface area (Å²) in [6.07, 6.45) is 7.52. The van der Waals surface area contributed by atoms with E-state index in [0.29, 0.717) is 11.8 Å². The number of carboxylic acids is 1. The SMILES string of the molecule is CCc1ncc(N[C@H](CC(=O)O)C(C)c2ccccc2[C@@H](CC)C2CCOCC2)cn1. The van der Waals surface area contributed by atoms with Crippen LogP contribution in [0.4, 0.5) is 5.69 Å². The molecule has 1 unspecified atom stereocenters. The number of nitrogens with one attached hydrogen (secondary N) is 1. The Morgan fingerprint density at radius 1 is 1.16 bits per heavy atom. The maximum Gasteiger partial charge on any atom is 0.305 e. The summed E-state index contributed by atoms with van der Waals surface area (Å²) in [4.78, 5) is 20.4. The third-order valence-electron chi connectivity index (χ3n) is 6.53. The second-order valence-corrected chi connectivity index (χ2v) is 8.47. The van der Waals surface area contributed by atoms with Crippen molar-refractivity contribution in [1.29, 1.82) is 0 Å². The fraction of sp³-hybridized carbons (Fsp3) is 0.560. The summed E-state index contributed by atoms with van der Waals surface area (Å²) in [5.41, 5.74) is 3.33. The molecule has 1 fully saturated rings. The maximum absolute atomic E-state index is 11.7. The molecule has 2 N–H and O–H groups in total. The molecule has 6 nitrogen and oxygen atoms in total. The van der Waals surface area contributed by atoms with Gasteiger partial charge in [-0.2, -0.15) is 0 Å². The van der Waals surface area contributed by atoms with Crippen molar-refractivity contribution in [3.63, 3.8) is 0 Å². The Bertz CT molecular complexity index is 834. The number of nitrogens with zero attached hydrogens (tertiary/aromatic N) is 2. The predicted molar refractivity (Wildman–Crippen MR) is 123 cm³/mol. The summed E-state index contributed by atoms with van der Waals surface area (Å²) in [7, 11) is 0. The molecule has 1 aromatic heterocycles. The minimum Gasteiger partial charge on any atom is -0.481 e. The molecule has 168 valence electrons. The molecule has 6 heteroatoms. The van der Waals surface area contributed by atoms with Gasteiger partial charge in [-0.25, -0.2) is 9.97 Å². The minimum absolute atomic E-state index is 0.0204. The van der Waals surface area contributed by atoms with E-state index < -0.39 is 5.97 Å². The summed E-state index contributed by atoms with van der Waals surface area (Å²) < 4.78 is 5.59. The normalized spacial score (nSPS) is 17.6. The van der Waals surface area contributed by atoms with Crippen molar-refractivity contribution >= 4 is 11.7 Å². The first-order chi connectivity index (χ1) is 15.0. The molecule has 0 spiro atoms. The van der Waals surface area contributed by atoms with Crippen molar-refractivity contribution in [3.05, 3.63) is 53.6 Å². The highest BCUT2D eigenvalue weighted by atomic mass is 16.5. The minimum atomic E-state index is -0.815. The lowest BCUT2D eigenvalue weighted by Crippen LogP contribution is -2.30. The lowest BCUT2D eigenvalue weighted by Gasteiger charge is -2.34. The number of rotatable bonds is 10. The van der Waals surface area contributed by atoms with Crippen LogP contribution in [0.2, 0.25) is 0 Å². The van der Waals surface area contributed by atoms with Gasteiger partial charge < -0.3 is 15.2 Å². The lowest BCUT2D eigenvalue weighted by molar-refractivity contribution is -0.137. The summed E-state index contributed by atoms with van der Waals surface area (Å²) in [6, 6.07) is 8.29. The zero-order valence-corrected chi connectivity index (χ0v) is 18.9. The number of aliphatic carboxylic acids is 1. The molecule has 1 aromatic carbocycles. The fourth-order valence-electron chi connectivity index (χ4n) is 4.77. The Morgan fingerprint density at radius 3 is 2.39 bits per heavy atom. The van der Waals surface area contributed by atoms with Gasteiger partial charge in [0, 0.05) is 31.6 Å². The van der Waals surface area contributed by atoms with Gasteiger partial charge >= 0.3 is 5.97 Å². The molecule has 3 atom stereocenters. The maximum atomic E-state index is 11.7. The number of hydrogen-bond donors (Lipinski definition) is 2. The van der Waals surface area contributed by atoms with Crippen LogP contribution in [0.15, 0.2) is 36.7 Å². The average Bonchev–Trinajstić information content (AvgIpc) is 2.80. The molecular weight excluding hydrogens is 390 g/mol. The highest BCUT2D eigenvalue weighted by molar-refractivity contribution is 5.68. The van der Waals surface area contributed by atoms with Crippen molar-refractivity contribution in [2.24, 2.45) is 5.92 Å². The average molecular weight is 426 g/mol. The van der Waals surface area contributed by atoms with Crippen molar-refractivity contribution in [2.75, 3.05) is 18.5 Å². The van der Waals surface area contributed by atoms with Gasteiger partial charge in [0.05, 0.1) is 24.5 Å². The second-order valence-electron chi connectivity index (χ2n) is 8.47. The summed E-state index contributed by atoms with van der Waals surface area (Å²) in [6.45, 7) is 8.04. The Hall–Kier alpha value is -2.47. The van der Waals surface area contributed by atoms with Crippen molar-refractivity contribution in [2.45, 2.75) is 70.8 Å². The number of ether oxygens (including phenoxy) is 1. The van der Waals surface area contributed by atoms with Gasteiger partial charge in [-0.15, -0.1) is 0 Å². The lowest BCUT2D eigenvalue weighted by atomic mass is 9.75. The van der Waals surface area contributed by atoms with Crippen LogP contribution in [0, 0.1) is 5.92 Å². The van der Waals surface area contributed by atoms with Gasteiger partial charge in [0.15, 0.2) is 0 Å². The molecule has 31 heavy (non-hydrogen) atoms. The topological polar surface area (TPSA) is 84.3 Å². The molecule has 3 rings (SSSR count). The van der Waals surface area contributed by atoms with Gasteiger partial charge in [-0.05, 0) is 42.2 Å². The first kappa shape index (κ1) is 23.2. The molecule has 1 aliphatic heterocycles. The number of carbonyl (C=O) groups is 1. The number of aromatic nitrogens is 2.